The average Bonchev–Trinajstić information content (AvgIpc) is 3.30. The summed E-state index contributed by atoms with van der Waals surface area (Å²) in [5.74, 6) is 1.20. The van der Waals surface area contributed by atoms with Gasteiger partial charge in [-0.05, 0) is 66.1 Å². The van der Waals surface area contributed by atoms with Gasteiger partial charge in [0.05, 0.1) is 35.8 Å². The highest BCUT2D eigenvalue weighted by Crippen LogP contribution is 2.28. The normalized spacial score (nSPS) is 11.6. The molecule has 4 aromatic carbocycles. The van der Waals surface area contributed by atoms with Crippen molar-refractivity contribution >= 4 is 28.5 Å². The van der Waals surface area contributed by atoms with E-state index in [9.17, 15) is 4.79 Å². The number of imidazole rings is 1. The Bertz CT molecular complexity index is 1620. The second-order valence-corrected chi connectivity index (χ2v) is 9.38. The standard InChI is InChI=1S/C31H25ClN4O2/c1-38-26-14-15-27-29(18-26)36(20-23-8-5-9-25(32)16-23)30(34-27)28(17-21-6-3-2-4-7-21)35-31(37)24-12-10-22(19-33)11-13-24/h2-16,18,28H,17,20H2,1H3,(H,35,37). The molecule has 6 nitrogen and oxygen atoms in total. The number of nitriles is 1. The highest BCUT2D eigenvalue weighted by Gasteiger charge is 2.24. The van der Waals surface area contributed by atoms with Crippen LogP contribution < -0.4 is 10.1 Å². The minimum atomic E-state index is -0.432. The molecule has 1 atom stereocenters. The molecule has 1 aromatic heterocycles. The van der Waals surface area contributed by atoms with Gasteiger partial charge in [-0.3, -0.25) is 4.79 Å². The fourth-order valence-corrected chi connectivity index (χ4v) is 4.71. The number of ether oxygens (including phenoxy) is 1. The van der Waals surface area contributed by atoms with Gasteiger partial charge in [0.2, 0.25) is 0 Å². The van der Waals surface area contributed by atoms with Crippen molar-refractivity contribution in [1.29, 1.82) is 5.26 Å². The third-order valence-electron chi connectivity index (χ3n) is 6.39. The Balaban J connectivity index is 1.60. The molecule has 7 heteroatoms. The summed E-state index contributed by atoms with van der Waals surface area (Å²) in [5.41, 5.74) is 4.74. The summed E-state index contributed by atoms with van der Waals surface area (Å²) in [4.78, 5) is 18.4. The number of nitrogens with one attached hydrogen (secondary N) is 1. The van der Waals surface area contributed by atoms with E-state index in [0.717, 1.165) is 33.7 Å². The molecule has 1 unspecified atom stereocenters. The van der Waals surface area contributed by atoms with Gasteiger partial charge in [0.25, 0.3) is 5.91 Å². The van der Waals surface area contributed by atoms with Gasteiger partial charge in [-0.2, -0.15) is 5.26 Å². The molecule has 188 valence electrons. The van der Waals surface area contributed by atoms with Crippen LogP contribution in [-0.2, 0) is 13.0 Å². The van der Waals surface area contributed by atoms with Crippen LogP contribution in [0.4, 0.5) is 0 Å². The van der Waals surface area contributed by atoms with E-state index in [0.29, 0.717) is 29.1 Å². The molecule has 5 rings (SSSR count). The van der Waals surface area contributed by atoms with Crippen LogP contribution in [0.5, 0.6) is 5.75 Å². The van der Waals surface area contributed by atoms with E-state index in [1.165, 1.54) is 0 Å². The van der Waals surface area contributed by atoms with Crippen LogP contribution in [0.1, 0.15) is 38.9 Å². The molecule has 0 aliphatic carbocycles. The number of rotatable bonds is 8. The first-order valence-electron chi connectivity index (χ1n) is 12.2. The summed E-state index contributed by atoms with van der Waals surface area (Å²) < 4.78 is 7.61. The van der Waals surface area contributed by atoms with E-state index in [2.05, 4.69) is 16.0 Å². The smallest absolute Gasteiger partial charge is 0.251 e. The predicted octanol–water partition coefficient (Wildman–Crippen LogP) is 6.33. The van der Waals surface area contributed by atoms with Gasteiger partial charge in [-0.15, -0.1) is 0 Å². The number of nitrogens with zero attached hydrogens (tertiary/aromatic N) is 3. The zero-order chi connectivity index (χ0) is 26.5. The molecule has 0 aliphatic rings. The van der Waals surface area contributed by atoms with Crippen molar-refractivity contribution < 1.29 is 9.53 Å². The van der Waals surface area contributed by atoms with Gasteiger partial charge in [0, 0.05) is 23.2 Å². The Kier molecular flexibility index (Phi) is 7.39. The van der Waals surface area contributed by atoms with Gasteiger partial charge in [0.15, 0.2) is 0 Å². The van der Waals surface area contributed by atoms with Crippen molar-refractivity contribution in [1.82, 2.24) is 14.9 Å². The second-order valence-electron chi connectivity index (χ2n) is 8.95. The number of benzene rings is 4. The summed E-state index contributed by atoms with van der Waals surface area (Å²) in [7, 11) is 1.63. The third kappa shape index (κ3) is 5.54. The molecule has 0 saturated carbocycles. The van der Waals surface area contributed by atoms with Crippen molar-refractivity contribution in [3.8, 4) is 11.8 Å². The van der Waals surface area contributed by atoms with Gasteiger partial charge in [-0.1, -0.05) is 54.1 Å². The van der Waals surface area contributed by atoms with Gasteiger partial charge < -0.3 is 14.6 Å². The largest absolute Gasteiger partial charge is 0.497 e. The SMILES string of the molecule is COc1ccc2nc(C(Cc3ccccc3)NC(=O)c3ccc(C#N)cc3)n(Cc3cccc(Cl)c3)c2c1. The molecule has 0 spiro atoms. The van der Waals surface area contributed by atoms with E-state index in [-0.39, 0.29) is 5.91 Å². The molecule has 1 N–H and O–H groups in total. The van der Waals surface area contributed by atoms with Crippen LogP contribution in [0, 0.1) is 11.3 Å². The number of amides is 1. The zero-order valence-corrected chi connectivity index (χ0v) is 21.5. The fraction of sp³-hybridized carbons (Fsp3) is 0.129. The minimum absolute atomic E-state index is 0.241. The van der Waals surface area contributed by atoms with Crippen LogP contribution in [0.25, 0.3) is 11.0 Å². The van der Waals surface area contributed by atoms with Crippen molar-refractivity contribution in [3.63, 3.8) is 0 Å². The van der Waals surface area contributed by atoms with Crippen LogP contribution in [0.3, 0.4) is 0 Å². The minimum Gasteiger partial charge on any atom is -0.497 e. The molecule has 0 aliphatic heterocycles. The lowest BCUT2D eigenvalue weighted by Crippen LogP contribution is -2.32. The number of hydrogen-bond donors (Lipinski definition) is 1. The first kappa shape index (κ1) is 25.1. The van der Waals surface area contributed by atoms with Crippen molar-refractivity contribution in [2.45, 2.75) is 19.0 Å². The monoisotopic (exact) mass is 520 g/mol. The highest BCUT2D eigenvalue weighted by atomic mass is 35.5. The first-order valence-corrected chi connectivity index (χ1v) is 12.6. The van der Waals surface area contributed by atoms with E-state index in [1.807, 2.05) is 72.8 Å². The number of carbonyl (C=O) groups excluding carboxylic acids is 1. The Labute approximate surface area is 226 Å². The molecule has 0 saturated heterocycles. The number of fused-ring (bicyclic) bond motifs is 1. The molecular formula is C31H25ClN4O2. The Morgan fingerprint density at radius 2 is 1.76 bits per heavy atom. The molecule has 0 bridgehead atoms. The lowest BCUT2D eigenvalue weighted by molar-refractivity contribution is 0.0934. The highest BCUT2D eigenvalue weighted by molar-refractivity contribution is 6.30. The Hall–Kier alpha value is -4.60. The number of methoxy groups -OCH3 is 1. The summed E-state index contributed by atoms with van der Waals surface area (Å²) in [6.07, 6.45) is 0.541. The topological polar surface area (TPSA) is 79.9 Å². The zero-order valence-electron chi connectivity index (χ0n) is 20.8. The van der Waals surface area contributed by atoms with E-state index < -0.39 is 6.04 Å². The number of carbonyl (C=O) groups is 1. The lowest BCUT2D eigenvalue weighted by atomic mass is 10.0. The summed E-state index contributed by atoms with van der Waals surface area (Å²) >= 11 is 6.30. The molecule has 0 radical (unpaired) electrons. The molecule has 1 amide bonds. The fourth-order valence-electron chi connectivity index (χ4n) is 4.49. The summed E-state index contributed by atoms with van der Waals surface area (Å²) in [5, 5.41) is 13.0. The predicted molar refractivity (Wildman–Crippen MR) is 148 cm³/mol. The van der Waals surface area contributed by atoms with Crippen LogP contribution >= 0.6 is 11.6 Å². The van der Waals surface area contributed by atoms with Gasteiger partial charge in [0.1, 0.15) is 11.6 Å². The Morgan fingerprint density at radius 3 is 2.47 bits per heavy atom. The quantitative estimate of drug-likeness (QED) is 0.259. The van der Waals surface area contributed by atoms with Gasteiger partial charge >= 0.3 is 0 Å². The van der Waals surface area contributed by atoms with E-state index >= 15 is 0 Å². The van der Waals surface area contributed by atoms with E-state index in [1.54, 1.807) is 31.4 Å². The summed E-state index contributed by atoms with van der Waals surface area (Å²) in [6.45, 7) is 0.511. The van der Waals surface area contributed by atoms with Crippen molar-refractivity contribution in [2.24, 2.45) is 0 Å². The second kappa shape index (κ2) is 11.2. The van der Waals surface area contributed by atoms with Crippen molar-refractivity contribution in [3.05, 3.63) is 130 Å². The van der Waals surface area contributed by atoms with Crippen LogP contribution in [0.15, 0.2) is 97.1 Å². The Morgan fingerprint density at radius 1 is 1.00 bits per heavy atom. The molecular weight excluding hydrogens is 496 g/mol. The third-order valence-corrected chi connectivity index (χ3v) is 6.63. The molecule has 38 heavy (non-hydrogen) atoms. The maximum atomic E-state index is 13.4. The number of hydrogen-bond acceptors (Lipinski definition) is 4. The van der Waals surface area contributed by atoms with Crippen LogP contribution in [0.2, 0.25) is 5.02 Å². The van der Waals surface area contributed by atoms with Crippen LogP contribution in [-0.4, -0.2) is 22.6 Å². The van der Waals surface area contributed by atoms with Crippen molar-refractivity contribution in [2.75, 3.05) is 7.11 Å². The van der Waals surface area contributed by atoms with E-state index in [4.69, 9.17) is 26.6 Å². The molecule has 5 aromatic rings. The molecule has 1 heterocycles. The molecule has 0 fully saturated rings. The summed E-state index contributed by atoms with van der Waals surface area (Å²) in [6, 6.07) is 31.7. The first-order chi connectivity index (χ1) is 18.5. The maximum Gasteiger partial charge on any atom is 0.251 e. The number of halogens is 1. The van der Waals surface area contributed by atoms with Gasteiger partial charge in [-0.25, -0.2) is 4.98 Å². The number of aromatic nitrogens is 2. The lowest BCUT2D eigenvalue weighted by Gasteiger charge is -2.21. The average molecular weight is 521 g/mol. The maximum absolute atomic E-state index is 13.4.